The van der Waals surface area contributed by atoms with Crippen molar-refractivity contribution < 1.29 is 14.0 Å². The standard InChI is InChI=1S/C18H22N2O3/c1-12(13-6-7-17-18(10-13)22-9-8-21-17)19-11-15-14-4-2-3-5-16(14)23-20-15/h6-7,10,12,19H,2-5,8-9,11H2,1H3. The highest BCUT2D eigenvalue weighted by Crippen LogP contribution is 2.32. The van der Waals surface area contributed by atoms with Crippen LogP contribution < -0.4 is 14.8 Å². The van der Waals surface area contributed by atoms with E-state index in [0.29, 0.717) is 13.2 Å². The van der Waals surface area contributed by atoms with Gasteiger partial charge in [0, 0.05) is 24.6 Å². The molecule has 0 radical (unpaired) electrons. The molecule has 0 amide bonds. The number of hydrogen-bond acceptors (Lipinski definition) is 5. The van der Waals surface area contributed by atoms with Gasteiger partial charge in [0.15, 0.2) is 11.5 Å². The fourth-order valence-electron chi connectivity index (χ4n) is 3.28. The van der Waals surface area contributed by atoms with Crippen LogP contribution in [0.15, 0.2) is 22.7 Å². The Morgan fingerprint density at radius 2 is 1.96 bits per heavy atom. The summed E-state index contributed by atoms with van der Waals surface area (Å²) < 4.78 is 16.7. The molecule has 1 aliphatic carbocycles. The van der Waals surface area contributed by atoms with Gasteiger partial charge in [0.1, 0.15) is 24.7 Å². The summed E-state index contributed by atoms with van der Waals surface area (Å²) in [4.78, 5) is 0. The summed E-state index contributed by atoms with van der Waals surface area (Å²) in [5, 5.41) is 7.79. The highest BCUT2D eigenvalue weighted by Gasteiger charge is 2.20. The predicted molar refractivity (Wildman–Crippen MR) is 85.8 cm³/mol. The summed E-state index contributed by atoms with van der Waals surface area (Å²) in [6.45, 7) is 4.12. The van der Waals surface area contributed by atoms with E-state index < -0.39 is 0 Å². The zero-order valence-corrected chi connectivity index (χ0v) is 13.4. The van der Waals surface area contributed by atoms with Crippen molar-refractivity contribution in [2.24, 2.45) is 0 Å². The van der Waals surface area contributed by atoms with Gasteiger partial charge < -0.3 is 19.3 Å². The van der Waals surface area contributed by atoms with Gasteiger partial charge in [-0.1, -0.05) is 11.2 Å². The van der Waals surface area contributed by atoms with E-state index >= 15 is 0 Å². The Morgan fingerprint density at radius 1 is 1.13 bits per heavy atom. The molecule has 0 saturated carbocycles. The molecule has 4 rings (SSSR count). The van der Waals surface area contributed by atoms with Gasteiger partial charge in [-0.15, -0.1) is 0 Å². The molecule has 1 atom stereocenters. The summed E-state index contributed by atoms with van der Waals surface area (Å²) in [5.74, 6) is 2.75. The van der Waals surface area contributed by atoms with E-state index in [4.69, 9.17) is 14.0 Å². The maximum Gasteiger partial charge on any atom is 0.161 e. The van der Waals surface area contributed by atoms with Crippen LogP contribution in [0.5, 0.6) is 11.5 Å². The largest absolute Gasteiger partial charge is 0.486 e. The van der Waals surface area contributed by atoms with Gasteiger partial charge in [-0.3, -0.25) is 0 Å². The molecule has 23 heavy (non-hydrogen) atoms. The molecule has 5 heteroatoms. The minimum atomic E-state index is 0.210. The molecule has 1 aliphatic heterocycles. The molecule has 0 bridgehead atoms. The third kappa shape index (κ3) is 2.93. The zero-order valence-electron chi connectivity index (χ0n) is 13.4. The van der Waals surface area contributed by atoms with Gasteiger partial charge in [0.05, 0.1) is 0 Å². The fraction of sp³-hybridized carbons (Fsp3) is 0.500. The minimum Gasteiger partial charge on any atom is -0.486 e. The first kappa shape index (κ1) is 14.6. The number of aromatic nitrogens is 1. The van der Waals surface area contributed by atoms with Gasteiger partial charge in [0.25, 0.3) is 0 Å². The second kappa shape index (κ2) is 6.24. The number of rotatable bonds is 4. The first-order chi connectivity index (χ1) is 11.3. The lowest BCUT2D eigenvalue weighted by molar-refractivity contribution is 0.171. The first-order valence-electron chi connectivity index (χ1n) is 8.40. The van der Waals surface area contributed by atoms with Crippen LogP contribution in [0.4, 0.5) is 0 Å². The molecule has 122 valence electrons. The molecule has 1 aromatic carbocycles. The van der Waals surface area contributed by atoms with Crippen molar-refractivity contribution >= 4 is 0 Å². The first-order valence-corrected chi connectivity index (χ1v) is 8.40. The molecule has 1 aromatic heterocycles. The van der Waals surface area contributed by atoms with E-state index in [1.165, 1.54) is 24.0 Å². The van der Waals surface area contributed by atoms with Crippen LogP contribution in [0, 0.1) is 0 Å². The summed E-state index contributed by atoms with van der Waals surface area (Å²) in [7, 11) is 0. The Labute approximate surface area is 136 Å². The number of aryl methyl sites for hydroxylation is 1. The highest BCUT2D eigenvalue weighted by molar-refractivity contribution is 5.44. The maximum atomic E-state index is 5.66. The second-order valence-electron chi connectivity index (χ2n) is 6.24. The van der Waals surface area contributed by atoms with Crippen LogP contribution in [0.25, 0.3) is 0 Å². The van der Waals surface area contributed by atoms with Crippen LogP contribution in [0.2, 0.25) is 0 Å². The molecule has 0 saturated heterocycles. The van der Waals surface area contributed by atoms with E-state index in [0.717, 1.165) is 42.3 Å². The van der Waals surface area contributed by atoms with Gasteiger partial charge in [-0.25, -0.2) is 0 Å². The number of fused-ring (bicyclic) bond motifs is 2. The summed E-state index contributed by atoms with van der Waals surface area (Å²) in [5.41, 5.74) is 3.56. The zero-order chi connectivity index (χ0) is 15.6. The normalized spacial score (nSPS) is 17.6. The van der Waals surface area contributed by atoms with Gasteiger partial charge in [-0.05, 0) is 43.9 Å². The number of hydrogen-bond donors (Lipinski definition) is 1. The topological polar surface area (TPSA) is 56.5 Å². The molecule has 2 aromatic rings. The van der Waals surface area contributed by atoms with Gasteiger partial charge >= 0.3 is 0 Å². The Hall–Kier alpha value is -2.01. The van der Waals surface area contributed by atoms with E-state index in [2.05, 4.69) is 29.5 Å². The average Bonchev–Trinajstić information content (AvgIpc) is 3.02. The predicted octanol–water partition coefficient (Wildman–Crippen LogP) is 3.18. The maximum absolute atomic E-state index is 5.66. The number of benzene rings is 1. The van der Waals surface area contributed by atoms with Crippen LogP contribution in [0.3, 0.4) is 0 Å². The SMILES string of the molecule is CC(NCc1noc2c1CCCC2)c1ccc2c(c1)OCCO2. The van der Waals surface area contributed by atoms with Crippen LogP contribution >= 0.6 is 0 Å². The molecule has 1 N–H and O–H groups in total. The van der Waals surface area contributed by atoms with Crippen LogP contribution in [0.1, 0.15) is 48.4 Å². The smallest absolute Gasteiger partial charge is 0.161 e. The van der Waals surface area contributed by atoms with E-state index in [1.54, 1.807) is 0 Å². The summed E-state index contributed by atoms with van der Waals surface area (Å²) in [6, 6.07) is 6.34. The average molecular weight is 314 g/mol. The molecular weight excluding hydrogens is 292 g/mol. The van der Waals surface area contributed by atoms with Crippen molar-refractivity contribution in [1.29, 1.82) is 0 Å². The summed E-state index contributed by atoms with van der Waals surface area (Å²) >= 11 is 0. The lowest BCUT2D eigenvalue weighted by Crippen LogP contribution is -2.20. The van der Waals surface area contributed by atoms with Crippen molar-refractivity contribution in [2.45, 2.75) is 45.2 Å². The fourth-order valence-corrected chi connectivity index (χ4v) is 3.28. The number of nitrogens with one attached hydrogen (secondary N) is 1. The molecule has 2 heterocycles. The van der Waals surface area contributed by atoms with Crippen molar-refractivity contribution in [3.05, 3.63) is 40.8 Å². The second-order valence-corrected chi connectivity index (χ2v) is 6.24. The Bertz CT molecular complexity index is 696. The molecule has 2 aliphatic rings. The summed E-state index contributed by atoms with van der Waals surface area (Å²) in [6.07, 6.45) is 4.57. The molecular formula is C18H22N2O3. The Kier molecular flexibility index (Phi) is 3.95. The third-order valence-corrected chi connectivity index (χ3v) is 4.67. The minimum absolute atomic E-state index is 0.210. The lowest BCUT2D eigenvalue weighted by atomic mass is 9.96. The van der Waals surface area contributed by atoms with E-state index in [-0.39, 0.29) is 6.04 Å². The van der Waals surface area contributed by atoms with E-state index in [1.807, 2.05) is 6.07 Å². The highest BCUT2D eigenvalue weighted by atomic mass is 16.6. The Balaban J connectivity index is 1.44. The monoisotopic (exact) mass is 314 g/mol. The number of nitrogens with zero attached hydrogens (tertiary/aromatic N) is 1. The lowest BCUT2D eigenvalue weighted by Gasteiger charge is -2.21. The van der Waals surface area contributed by atoms with Gasteiger partial charge in [-0.2, -0.15) is 0 Å². The molecule has 0 fully saturated rings. The van der Waals surface area contributed by atoms with Crippen molar-refractivity contribution in [3.8, 4) is 11.5 Å². The van der Waals surface area contributed by atoms with E-state index in [9.17, 15) is 0 Å². The Morgan fingerprint density at radius 3 is 2.87 bits per heavy atom. The van der Waals surface area contributed by atoms with Crippen molar-refractivity contribution in [1.82, 2.24) is 10.5 Å². The van der Waals surface area contributed by atoms with Crippen LogP contribution in [-0.4, -0.2) is 18.4 Å². The quantitative estimate of drug-likeness (QED) is 0.939. The molecule has 1 unspecified atom stereocenters. The van der Waals surface area contributed by atoms with Gasteiger partial charge in [0.2, 0.25) is 0 Å². The third-order valence-electron chi connectivity index (χ3n) is 4.67. The number of ether oxygens (including phenoxy) is 2. The van der Waals surface area contributed by atoms with Crippen molar-refractivity contribution in [3.63, 3.8) is 0 Å². The molecule has 0 spiro atoms. The van der Waals surface area contributed by atoms with Crippen LogP contribution in [-0.2, 0) is 19.4 Å². The van der Waals surface area contributed by atoms with Crippen molar-refractivity contribution in [2.75, 3.05) is 13.2 Å². The molecule has 5 nitrogen and oxygen atoms in total.